The lowest BCUT2D eigenvalue weighted by Gasteiger charge is -2.12. The molecule has 0 saturated heterocycles. The smallest absolute Gasteiger partial charge is 0.262 e. The molecule has 0 fully saturated rings. The van der Waals surface area contributed by atoms with Crippen molar-refractivity contribution in [1.29, 1.82) is 0 Å². The summed E-state index contributed by atoms with van der Waals surface area (Å²) in [5.74, 6) is 0.132. The molecule has 2 aromatic carbocycles. The first-order valence-electron chi connectivity index (χ1n) is 8.01. The van der Waals surface area contributed by atoms with Crippen molar-refractivity contribution in [1.82, 2.24) is 4.72 Å². The lowest BCUT2D eigenvalue weighted by atomic mass is 10.3. The number of hydrogen-bond donors (Lipinski definition) is 2. The van der Waals surface area contributed by atoms with Crippen LogP contribution in [0.15, 0.2) is 59.5 Å². The van der Waals surface area contributed by atoms with Gasteiger partial charge in [-0.25, -0.2) is 13.1 Å². The average molecular weight is 362 g/mol. The van der Waals surface area contributed by atoms with Crippen LogP contribution >= 0.6 is 0 Å². The Morgan fingerprint density at radius 3 is 2.32 bits per heavy atom. The molecule has 1 amide bonds. The second-order valence-electron chi connectivity index (χ2n) is 5.60. The van der Waals surface area contributed by atoms with Crippen molar-refractivity contribution in [3.8, 4) is 5.75 Å². The van der Waals surface area contributed by atoms with Crippen LogP contribution in [0.25, 0.3) is 0 Å². The fraction of sp³-hybridized carbons (Fsp3) is 0.278. The minimum atomic E-state index is -3.55. The number of anilines is 1. The fourth-order valence-corrected chi connectivity index (χ4v) is 3.33. The largest absolute Gasteiger partial charge is 0.484 e. The van der Waals surface area contributed by atoms with Crippen LogP contribution in [0.4, 0.5) is 5.69 Å². The molecule has 0 aliphatic rings. The zero-order valence-corrected chi connectivity index (χ0v) is 15.0. The van der Waals surface area contributed by atoms with Crippen molar-refractivity contribution in [3.05, 3.63) is 54.6 Å². The number of amides is 1. The Balaban J connectivity index is 1.91. The lowest BCUT2D eigenvalue weighted by Crippen LogP contribution is -2.31. The van der Waals surface area contributed by atoms with Gasteiger partial charge in [0.25, 0.3) is 5.91 Å². The number of hydrogen-bond acceptors (Lipinski definition) is 4. The third-order valence-corrected chi connectivity index (χ3v) is 5.14. The van der Waals surface area contributed by atoms with E-state index in [0.29, 0.717) is 17.9 Å². The normalized spacial score (nSPS) is 12.4. The summed E-state index contributed by atoms with van der Waals surface area (Å²) in [4.78, 5) is 12.0. The summed E-state index contributed by atoms with van der Waals surface area (Å²) in [6.07, 6.45) is 0.705. The van der Waals surface area contributed by atoms with Gasteiger partial charge in [0.15, 0.2) is 6.61 Å². The van der Waals surface area contributed by atoms with E-state index in [4.69, 9.17) is 4.74 Å². The zero-order chi connectivity index (χ0) is 18.3. The molecule has 7 heteroatoms. The maximum absolute atomic E-state index is 12.2. The first kappa shape index (κ1) is 19.0. The van der Waals surface area contributed by atoms with Crippen LogP contribution in [0.5, 0.6) is 5.75 Å². The van der Waals surface area contributed by atoms with E-state index in [2.05, 4.69) is 10.0 Å². The van der Waals surface area contributed by atoms with E-state index in [1.165, 1.54) is 24.3 Å². The number of nitrogens with one attached hydrogen (secondary N) is 2. The molecule has 0 aliphatic heterocycles. The number of rotatable bonds is 8. The molecule has 1 atom stereocenters. The summed E-state index contributed by atoms with van der Waals surface area (Å²) in [6.45, 7) is 3.55. The van der Waals surface area contributed by atoms with Gasteiger partial charge < -0.3 is 10.1 Å². The van der Waals surface area contributed by atoms with Gasteiger partial charge >= 0.3 is 0 Å². The highest BCUT2D eigenvalue weighted by atomic mass is 32.2. The van der Waals surface area contributed by atoms with E-state index < -0.39 is 10.0 Å². The van der Waals surface area contributed by atoms with Gasteiger partial charge in [-0.3, -0.25) is 4.79 Å². The highest BCUT2D eigenvalue weighted by Crippen LogP contribution is 2.16. The Labute approximate surface area is 148 Å². The van der Waals surface area contributed by atoms with Crippen molar-refractivity contribution in [2.24, 2.45) is 0 Å². The van der Waals surface area contributed by atoms with Crippen LogP contribution in [0, 0.1) is 0 Å². The molecule has 2 aromatic rings. The number of sulfonamides is 1. The minimum absolute atomic E-state index is 0.136. The van der Waals surface area contributed by atoms with Crippen molar-refractivity contribution in [2.45, 2.75) is 31.2 Å². The molecule has 6 nitrogen and oxygen atoms in total. The molecule has 0 bridgehead atoms. The Hall–Kier alpha value is -2.38. The number of carbonyl (C=O) groups excluding carboxylic acids is 1. The van der Waals surface area contributed by atoms with Crippen LogP contribution in [-0.4, -0.2) is 27.0 Å². The van der Waals surface area contributed by atoms with Gasteiger partial charge in [0, 0.05) is 11.7 Å². The van der Waals surface area contributed by atoms with Gasteiger partial charge in [0.1, 0.15) is 5.75 Å². The molecule has 0 saturated carbocycles. The molecule has 0 aliphatic carbocycles. The zero-order valence-electron chi connectivity index (χ0n) is 14.2. The van der Waals surface area contributed by atoms with Crippen molar-refractivity contribution in [3.63, 3.8) is 0 Å². The van der Waals surface area contributed by atoms with Gasteiger partial charge in [0.05, 0.1) is 4.90 Å². The summed E-state index contributed by atoms with van der Waals surface area (Å²) in [6, 6.07) is 14.9. The summed E-state index contributed by atoms with van der Waals surface area (Å²) < 4.78 is 32.3. The SMILES string of the molecule is CC[C@@H](C)NS(=O)(=O)c1ccc(OCC(=O)Nc2ccccc2)cc1. The fourth-order valence-electron chi connectivity index (χ4n) is 2.00. The molecule has 25 heavy (non-hydrogen) atoms. The third kappa shape index (κ3) is 5.88. The average Bonchev–Trinajstić information content (AvgIpc) is 2.61. The molecule has 134 valence electrons. The molecule has 2 N–H and O–H groups in total. The van der Waals surface area contributed by atoms with Crippen molar-refractivity contribution >= 4 is 21.6 Å². The van der Waals surface area contributed by atoms with Gasteiger partial charge in [0.2, 0.25) is 10.0 Å². The second-order valence-corrected chi connectivity index (χ2v) is 7.32. The number of ether oxygens (including phenoxy) is 1. The van der Waals surface area contributed by atoms with Crippen molar-refractivity contribution < 1.29 is 17.9 Å². The van der Waals surface area contributed by atoms with E-state index >= 15 is 0 Å². The highest BCUT2D eigenvalue weighted by Gasteiger charge is 2.16. The first-order chi connectivity index (χ1) is 11.9. The van der Waals surface area contributed by atoms with Gasteiger partial charge in [-0.15, -0.1) is 0 Å². The minimum Gasteiger partial charge on any atom is -0.484 e. The highest BCUT2D eigenvalue weighted by molar-refractivity contribution is 7.89. The maximum Gasteiger partial charge on any atom is 0.262 e. The first-order valence-corrected chi connectivity index (χ1v) is 9.49. The topological polar surface area (TPSA) is 84.5 Å². The van der Waals surface area contributed by atoms with E-state index in [9.17, 15) is 13.2 Å². The van der Waals surface area contributed by atoms with E-state index in [-0.39, 0.29) is 23.5 Å². The molecule has 0 heterocycles. The summed E-state index contributed by atoms with van der Waals surface area (Å²) in [5.41, 5.74) is 0.689. The molecule has 0 unspecified atom stereocenters. The van der Waals surface area contributed by atoms with Crippen LogP contribution in [0.2, 0.25) is 0 Å². The number of para-hydroxylation sites is 1. The standard InChI is InChI=1S/C18H22N2O4S/c1-3-14(2)20-25(22,23)17-11-9-16(10-12-17)24-13-18(21)19-15-7-5-4-6-8-15/h4-12,14,20H,3,13H2,1-2H3,(H,19,21)/t14-/m1/s1. The van der Waals surface area contributed by atoms with E-state index in [0.717, 1.165) is 0 Å². The Bertz CT molecular complexity index is 790. The van der Waals surface area contributed by atoms with Crippen LogP contribution in [-0.2, 0) is 14.8 Å². The lowest BCUT2D eigenvalue weighted by molar-refractivity contribution is -0.118. The molecule has 2 rings (SSSR count). The van der Waals surface area contributed by atoms with Crippen LogP contribution < -0.4 is 14.8 Å². The molecule has 0 spiro atoms. The van der Waals surface area contributed by atoms with Gasteiger partial charge in [-0.1, -0.05) is 25.1 Å². The summed E-state index contributed by atoms with van der Waals surface area (Å²) in [5, 5.41) is 2.71. The predicted molar refractivity (Wildman–Crippen MR) is 97.1 cm³/mol. The molecular formula is C18H22N2O4S. The Kier molecular flexibility index (Phi) is 6.55. The van der Waals surface area contributed by atoms with E-state index in [1.807, 2.05) is 25.1 Å². The van der Waals surface area contributed by atoms with Crippen LogP contribution in [0.3, 0.4) is 0 Å². The van der Waals surface area contributed by atoms with Crippen LogP contribution in [0.1, 0.15) is 20.3 Å². The summed E-state index contributed by atoms with van der Waals surface area (Å²) >= 11 is 0. The molecular weight excluding hydrogens is 340 g/mol. The quantitative estimate of drug-likeness (QED) is 0.756. The number of carbonyl (C=O) groups is 1. The summed E-state index contributed by atoms with van der Waals surface area (Å²) in [7, 11) is -3.55. The number of benzene rings is 2. The van der Waals surface area contributed by atoms with E-state index in [1.54, 1.807) is 19.1 Å². The second kappa shape index (κ2) is 8.64. The van der Waals surface area contributed by atoms with Gasteiger partial charge in [-0.05, 0) is 49.7 Å². The Morgan fingerprint density at radius 1 is 1.08 bits per heavy atom. The molecule has 0 aromatic heterocycles. The monoisotopic (exact) mass is 362 g/mol. The van der Waals surface area contributed by atoms with Gasteiger partial charge in [-0.2, -0.15) is 0 Å². The van der Waals surface area contributed by atoms with Crippen molar-refractivity contribution in [2.75, 3.05) is 11.9 Å². The molecule has 0 radical (unpaired) electrons. The third-order valence-electron chi connectivity index (χ3n) is 3.53. The predicted octanol–water partition coefficient (Wildman–Crippen LogP) is 2.78. The maximum atomic E-state index is 12.2. The Morgan fingerprint density at radius 2 is 1.72 bits per heavy atom.